The number of aliphatic hydroxyl groups excluding tert-OH is 2. The molecule has 0 saturated carbocycles. The molecule has 0 heterocycles. The lowest BCUT2D eigenvalue weighted by Gasteiger charge is -2.18. The van der Waals surface area contributed by atoms with E-state index in [1.54, 1.807) is 0 Å². The predicted molar refractivity (Wildman–Crippen MR) is 65.3 cm³/mol. The first-order valence-electron chi connectivity index (χ1n) is 5.98. The molecule has 0 fully saturated rings. The molecular weight excluding hydrogens is 250 g/mol. The average molecular weight is 265 g/mol. The Labute approximate surface area is 109 Å². The number of carbonyl (C=O) groups excluding carboxylic acids is 1. The normalized spacial score (nSPS) is 20.4. The van der Waals surface area contributed by atoms with Gasteiger partial charge in [0.15, 0.2) is 12.2 Å². The zero-order chi connectivity index (χ0) is 14.0. The van der Waals surface area contributed by atoms with E-state index in [0.717, 1.165) is 17.5 Å². The molecule has 0 aliphatic heterocycles. The highest BCUT2D eigenvalue weighted by Gasteiger charge is 2.32. The van der Waals surface area contributed by atoms with Crippen LogP contribution in [-0.4, -0.2) is 39.4 Å². The highest BCUT2D eigenvalue weighted by atomic mass is 16.4. The molecule has 0 radical (unpaired) electrons. The van der Waals surface area contributed by atoms with E-state index < -0.39 is 24.1 Å². The number of rotatable bonds is 4. The Balaban J connectivity index is 2.03. The van der Waals surface area contributed by atoms with Gasteiger partial charge in [-0.3, -0.25) is 4.79 Å². The van der Waals surface area contributed by atoms with E-state index in [0.29, 0.717) is 6.42 Å². The van der Waals surface area contributed by atoms with Gasteiger partial charge < -0.3 is 20.6 Å². The number of aliphatic hydroxyl groups is 2. The number of carboxylic acid groups (broad SMARTS) is 1. The van der Waals surface area contributed by atoms with Crippen LogP contribution in [0.3, 0.4) is 0 Å². The molecule has 6 nitrogen and oxygen atoms in total. The minimum atomic E-state index is -2.11. The summed E-state index contributed by atoms with van der Waals surface area (Å²) >= 11 is 0. The van der Waals surface area contributed by atoms with Crippen molar-refractivity contribution in [3.05, 3.63) is 35.4 Å². The lowest BCUT2D eigenvalue weighted by molar-refractivity contribution is -0.158. The molecule has 2 rings (SSSR count). The first-order valence-corrected chi connectivity index (χ1v) is 5.98. The Hall–Kier alpha value is -1.92. The Morgan fingerprint density at radius 1 is 1.21 bits per heavy atom. The van der Waals surface area contributed by atoms with Crippen LogP contribution in [0.15, 0.2) is 24.3 Å². The van der Waals surface area contributed by atoms with Crippen molar-refractivity contribution in [2.75, 3.05) is 0 Å². The van der Waals surface area contributed by atoms with Gasteiger partial charge in [0.25, 0.3) is 5.91 Å². The molecule has 0 aromatic heterocycles. The Kier molecular flexibility index (Phi) is 3.82. The quantitative estimate of drug-likeness (QED) is 0.592. The molecule has 0 spiro atoms. The van der Waals surface area contributed by atoms with E-state index in [9.17, 15) is 14.7 Å². The van der Waals surface area contributed by atoms with E-state index in [-0.39, 0.29) is 6.04 Å². The van der Waals surface area contributed by atoms with Crippen LogP contribution in [0.4, 0.5) is 0 Å². The molecule has 1 aliphatic carbocycles. The number of benzene rings is 1. The summed E-state index contributed by atoms with van der Waals surface area (Å²) in [6.45, 7) is 0. The van der Waals surface area contributed by atoms with Crippen molar-refractivity contribution in [2.24, 2.45) is 0 Å². The van der Waals surface area contributed by atoms with Crippen LogP contribution in [0.5, 0.6) is 0 Å². The van der Waals surface area contributed by atoms with Crippen LogP contribution >= 0.6 is 0 Å². The standard InChI is InChI=1S/C13H15NO5/c15-10(11(16)13(18)19)12(17)14-9-6-5-7-3-1-2-4-8(7)9/h1-4,9-11,15-16H,5-6H2,(H,14,17)(H,18,19)/t9?,10-,11-/m1/s1. The highest BCUT2D eigenvalue weighted by molar-refractivity contribution is 5.87. The van der Waals surface area contributed by atoms with E-state index in [1.807, 2.05) is 24.3 Å². The first kappa shape index (κ1) is 13.5. The van der Waals surface area contributed by atoms with Crippen molar-refractivity contribution in [1.29, 1.82) is 0 Å². The molecule has 1 aromatic rings. The third-order valence-corrected chi connectivity index (χ3v) is 3.27. The van der Waals surface area contributed by atoms with Crippen molar-refractivity contribution >= 4 is 11.9 Å². The summed E-state index contributed by atoms with van der Waals surface area (Å²) in [4.78, 5) is 22.2. The van der Waals surface area contributed by atoms with Crippen LogP contribution in [-0.2, 0) is 16.0 Å². The summed E-state index contributed by atoms with van der Waals surface area (Å²) in [6, 6.07) is 7.36. The number of carboxylic acids is 1. The van der Waals surface area contributed by atoms with Gasteiger partial charge in [0.05, 0.1) is 6.04 Å². The molecule has 1 amide bonds. The second-order valence-corrected chi connectivity index (χ2v) is 4.53. The van der Waals surface area contributed by atoms with E-state index >= 15 is 0 Å². The lowest BCUT2D eigenvalue weighted by Crippen LogP contribution is -2.46. The molecule has 1 aromatic carbocycles. The van der Waals surface area contributed by atoms with Gasteiger partial charge in [-0.05, 0) is 24.0 Å². The van der Waals surface area contributed by atoms with Crippen LogP contribution < -0.4 is 5.32 Å². The number of hydrogen-bond acceptors (Lipinski definition) is 4. The number of fused-ring (bicyclic) bond motifs is 1. The van der Waals surface area contributed by atoms with E-state index in [2.05, 4.69) is 5.32 Å². The molecule has 0 saturated heterocycles. The Bertz CT molecular complexity index is 502. The fourth-order valence-electron chi connectivity index (χ4n) is 2.24. The Morgan fingerprint density at radius 3 is 2.58 bits per heavy atom. The van der Waals surface area contributed by atoms with Crippen LogP contribution in [0, 0.1) is 0 Å². The molecule has 102 valence electrons. The summed E-state index contributed by atoms with van der Waals surface area (Å²) in [5.41, 5.74) is 2.09. The highest BCUT2D eigenvalue weighted by Crippen LogP contribution is 2.30. The van der Waals surface area contributed by atoms with Gasteiger partial charge in [-0.25, -0.2) is 4.79 Å². The van der Waals surface area contributed by atoms with Gasteiger partial charge in [0.1, 0.15) is 0 Å². The van der Waals surface area contributed by atoms with Crippen LogP contribution in [0.1, 0.15) is 23.6 Å². The number of carbonyl (C=O) groups is 2. The molecular formula is C13H15NO5. The van der Waals surface area contributed by atoms with Gasteiger partial charge in [-0.2, -0.15) is 0 Å². The molecule has 19 heavy (non-hydrogen) atoms. The SMILES string of the molecule is O=C(O)[C@H](O)[C@@H](O)C(=O)NC1CCc2ccccc21. The Morgan fingerprint density at radius 2 is 1.89 bits per heavy atom. The zero-order valence-corrected chi connectivity index (χ0v) is 10.1. The number of aryl methyl sites for hydroxylation is 1. The van der Waals surface area contributed by atoms with Crippen molar-refractivity contribution < 1.29 is 24.9 Å². The third-order valence-electron chi connectivity index (χ3n) is 3.27. The van der Waals surface area contributed by atoms with Gasteiger partial charge in [0.2, 0.25) is 0 Å². The summed E-state index contributed by atoms with van der Waals surface area (Å²) < 4.78 is 0. The summed E-state index contributed by atoms with van der Waals surface area (Å²) in [6.07, 6.45) is -2.57. The van der Waals surface area contributed by atoms with Gasteiger partial charge >= 0.3 is 5.97 Å². The van der Waals surface area contributed by atoms with Crippen molar-refractivity contribution in [3.63, 3.8) is 0 Å². The monoisotopic (exact) mass is 265 g/mol. The molecule has 4 N–H and O–H groups in total. The van der Waals surface area contributed by atoms with E-state index in [4.69, 9.17) is 10.2 Å². The first-order chi connectivity index (χ1) is 9.00. The largest absolute Gasteiger partial charge is 0.479 e. The minimum absolute atomic E-state index is 0.251. The maximum atomic E-state index is 11.7. The summed E-state index contributed by atoms with van der Waals surface area (Å²) in [7, 11) is 0. The molecule has 1 unspecified atom stereocenters. The predicted octanol–water partition coefficient (Wildman–Crippen LogP) is -0.403. The topological polar surface area (TPSA) is 107 Å². The lowest BCUT2D eigenvalue weighted by atomic mass is 10.1. The smallest absolute Gasteiger partial charge is 0.335 e. The minimum Gasteiger partial charge on any atom is -0.479 e. The van der Waals surface area contributed by atoms with Crippen LogP contribution in [0.25, 0.3) is 0 Å². The number of aliphatic carboxylic acids is 1. The molecule has 6 heteroatoms. The van der Waals surface area contributed by atoms with Crippen molar-refractivity contribution in [3.8, 4) is 0 Å². The summed E-state index contributed by atoms with van der Waals surface area (Å²) in [5, 5.41) is 29.6. The van der Waals surface area contributed by atoms with Gasteiger partial charge in [0, 0.05) is 0 Å². The average Bonchev–Trinajstić information content (AvgIpc) is 2.80. The zero-order valence-electron chi connectivity index (χ0n) is 10.1. The number of hydrogen-bond donors (Lipinski definition) is 4. The van der Waals surface area contributed by atoms with Crippen molar-refractivity contribution in [1.82, 2.24) is 5.32 Å². The maximum absolute atomic E-state index is 11.7. The third kappa shape index (κ3) is 2.74. The number of amides is 1. The number of nitrogens with one attached hydrogen (secondary N) is 1. The van der Waals surface area contributed by atoms with Crippen LogP contribution in [0.2, 0.25) is 0 Å². The van der Waals surface area contributed by atoms with Gasteiger partial charge in [-0.15, -0.1) is 0 Å². The van der Waals surface area contributed by atoms with E-state index in [1.165, 1.54) is 0 Å². The summed E-state index contributed by atoms with van der Waals surface area (Å²) in [5.74, 6) is -2.51. The van der Waals surface area contributed by atoms with Gasteiger partial charge in [-0.1, -0.05) is 24.3 Å². The maximum Gasteiger partial charge on any atom is 0.335 e. The fourth-order valence-corrected chi connectivity index (χ4v) is 2.24. The second kappa shape index (κ2) is 5.38. The molecule has 1 aliphatic rings. The fraction of sp³-hybridized carbons (Fsp3) is 0.385. The molecule has 0 bridgehead atoms. The second-order valence-electron chi connectivity index (χ2n) is 4.53. The van der Waals surface area contributed by atoms with Crippen molar-refractivity contribution in [2.45, 2.75) is 31.1 Å². The molecule has 3 atom stereocenters.